The Kier molecular flexibility index (Phi) is 5.51. The zero-order chi connectivity index (χ0) is 21.4. The summed E-state index contributed by atoms with van der Waals surface area (Å²) in [4.78, 5) is 28.3. The number of rotatable bonds is 4. The largest absolute Gasteiger partial charge is 0.462 e. The Morgan fingerprint density at radius 3 is 2.48 bits per heavy atom. The van der Waals surface area contributed by atoms with Crippen molar-refractivity contribution in [2.75, 3.05) is 39.3 Å². The van der Waals surface area contributed by atoms with Gasteiger partial charge < -0.3 is 19.3 Å². The van der Waals surface area contributed by atoms with Crippen molar-refractivity contribution in [3.8, 4) is 0 Å². The van der Waals surface area contributed by atoms with Crippen molar-refractivity contribution in [3.63, 3.8) is 0 Å². The van der Waals surface area contributed by atoms with Gasteiger partial charge in [0.25, 0.3) is 0 Å². The smallest absolute Gasteiger partial charge is 0.338 e. The van der Waals surface area contributed by atoms with Crippen LogP contribution < -0.4 is 0 Å². The fourth-order valence-corrected chi connectivity index (χ4v) is 5.72. The third kappa shape index (κ3) is 4.10. The predicted molar refractivity (Wildman–Crippen MR) is 117 cm³/mol. The molecule has 2 saturated heterocycles. The maximum absolute atomic E-state index is 11.7. The van der Waals surface area contributed by atoms with E-state index in [1.165, 1.54) is 55.6 Å². The van der Waals surface area contributed by atoms with Crippen molar-refractivity contribution in [2.45, 2.75) is 52.1 Å². The van der Waals surface area contributed by atoms with E-state index in [9.17, 15) is 9.59 Å². The molecule has 4 aliphatic heterocycles. The number of cyclic esters (lactones) is 2. The van der Waals surface area contributed by atoms with Crippen LogP contribution in [0.4, 0.5) is 0 Å². The number of hydrogen-bond acceptors (Lipinski definition) is 6. The molecule has 0 bridgehead atoms. The minimum atomic E-state index is -0.187. The molecule has 4 aliphatic rings. The molecule has 31 heavy (non-hydrogen) atoms. The fraction of sp³-hybridized carbons (Fsp3) is 0.600. The third-order valence-electron chi connectivity index (χ3n) is 8.01. The zero-order valence-corrected chi connectivity index (χ0v) is 18.5. The number of benzene rings is 1. The van der Waals surface area contributed by atoms with Crippen LogP contribution in [0.3, 0.4) is 0 Å². The minimum absolute atomic E-state index is 0.184. The lowest BCUT2D eigenvalue weighted by Crippen LogP contribution is -2.47. The molecule has 166 valence electrons. The Bertz CT molecular complexity index is 904. The predicted octanol–water partition coefficient (Wildman–Crippen LogP) is 3.22. The molecular formula is C25H32N2O4. The molecule has 1 aromatic carbocycles. The maximum atomic E-state index is 11.7. The molecule has 5 rings (SSSR count). The van der Waals surface area contributed by atoms with Crippen molar-refractivity contribution in [1.29, 1.82) is 0 Å². The Morgan fingerprint density at radius 2 is 1.74 bits per heavy atom. The van der Waals surface area contributed by atoms with Crippen molar-refractivity contribution in [3.05, 3.63) is 46.2 Å². The molecule has 0 aliphatic carbocycles. The number of piperidine rings is 2. The van der Waals surface area contributed by atoms with Crippen LogP contribution in [0.15, 0.2) is 23.9 Å². The van der Waals surface area contributed by atoms with Gasteiger partial charge in [-0.2, -0.15) is 0 Å². The minimum Gasteiger partial charge on any atom is -0.462 e. The van der Waals surface area contributed by atoms with Crippen molar-refractivity contribution in [1.82, 2.24) is 9.80 Å². The van der Waals surface area contributed by atoms with Crippen LogP contribution in [-0.4, -0.2) is 61.1 Å². The first kappa shape index (κ1) is 20.6. The Morgan fingerprint density at radius 1 is 1.00 bits per heavy atom. The van der Waals surface area contributed by atoms with E-state index < -0.39 is 0 Å². The first-order chi connectivity index (χ1) is 15.0. The molecule has 0 N–H and O–H groups in total. The molecule has 1 spiro atoms. The van der Waals surface area contributed by atoms with Crippen LogP contribution >= 0.6 is 0 Å². The van der Waals surface area contributed by atoms with Gasteiger partial charge in [0.05, 0.1) is 12.2 Å². The van der Waals surface area contributed by atoms with Gasteiger partial charge in [0, 0.05) is 43.4 Å². The van der Waals surface area contributed by atoms with Crippen molar-refractivity contribution >= 4 is 11.9 Å². The average molecular weight is 425 g/mol. The quantitative estimate of drug-likeness (QED) is 0.692. The van der Waals surface area contributed by atoms with Gasteiger partial charge in [0.15, 0.2) is 0 Å². The highest BCUT2D eigenvalue weighted by Gasteiger charge is 2.38. The molecule has 6 nitrogen and oxygen atoms in total. The van der Waals surface area contributed by atoms with Crippen LogP contribution in [0.5, 0.6) is 0 Å². The van der Waals surface area contributed by atoms with Gasteiger partial charge in [0.2, 0.25) is 0 Å². The SMILES string of the molecule is Cc1c(CCN2CCC3(CC2)CCN(C2=CC(=O)OCC2)CC3)ccc2c1COC2=O. The molecule has 6 heteroatoms. The standard InChI is InChI=1S/C25H32N2O4/c1-18-19(2-3-21-22(18)17-31-24(21)29)4-10-26-11-6-25(7-12-26)8-13-27(14-9-25)20-5-15-30-23(28)16-20/h2-3,16H,4-15,17H2,1H3. The first-order valence-corrected chi connectivity index (χ1v) is 11.7. The van der Waals surface area contributed by atoms with E-state index >= 15 is 0 Å². The summed E-state index contributed by atoms with van der Waals surface area (Å²) >= 11 is 0. The van der Waals surface area contributed by atoms with E-state index in [-0.39, 0.29) is 11.9 Å². The lowest BCUT2D eigenvalue weighted by molar-refractivity contribution is -0.139. The summed E-state index contributed by atoms with van der Waals surface area (Å²) in [5, 5.41) is 0. The number of likely N-dealkylation sites (tertiary alicyclic amines) is 2. The van der Waals surface area contributed by atoms with E-state index in [2.05, 4.69) is 22.8 Å². The van der Waals surface area contributed by atoms with Crippen molar-refractivity contribution < 1.29 is 19.1 Å². The Labute approximate surface area is 184 Å². The van der Waals surface area contributed by atoms with Gasteiger partial charge in [-0.15, -0.1) is 0 Å². The topological polar surface area (TPSA) is 59.1 Å². The molecule has 4 heterocycles. The molecule has 0 saturated carbocycles. The van der Waals surface area contributed by atoms with Gasteiger partial charge in [-0.1, -0.05) is 6.07 Å². The lowest BCUT2D eigenvalue weighted by atomic mass is 9.71. The second kappa shape index (κ2) is 8.30. The second-order valence-electron chi connectivity index (χ2n) is 9.58. The monoisotopic (exact) mass is 424 g/mol. The Balaban J connectivity index is 1.12. The summed E-state index contributed by atoms with van der Waals surface area (Å²) in [6.45, 7) is 8.61. The molecular weight excluding hydrogens is 392 g/mol. The van der Waals surface area contributed by atoms with Gasteiger partial charge in [0.1, 0.15) is 6.61 Å². The third-order valence-corrected chi connectivity index (χ3v) is 8.01. The van der Waals surface area contributed by atoms with Gasteiger partial charge in [-0.05, 0) is 74.7 Å². The summed E-state index contributed by atoms with van der Waals surface area (Å²) in [5.41, 5.74) is 6.03. The summed E-state index contributed by atoms with van der Waals surface area (Å²) in [6.07, 6.45) is 8.57. The van der Waals surface area contributed by atoms with Gasteiger partial charge in [-0.25, -0.2) is 9.59 Å². The van der Waals surface area contributed by atoms with Crippen LogP contribution in [-0.2, 0) is 27.3 Å². The highest BCUT2D eigenvalue weighted by atomic mass is 16.5. The number of hydrogen-bond donors (Lipinski definition) is 0. The molecule has 2 fully saturated rings. The highest BCUT2D eigenvalue weighted by molar-refractivity contribution is 5.93. The normalized spacial score (nSPS) is 23.4. The molecule has 1 aromatic rings. The number of carbonyl (C=O) groups excluding carboxylic acids is 2. The van der Waals surface area contributed by atoms with Crippen LogP contribution in [0.2, 0.25) is 0 Å². The van der Waals surface area contributed by atoms with Crippen LogP contribution in [0.1, 0.15) is 59.2 Å². The number of fused-ring (bicyclic) bond motifs is 1. The number of esters is 2. The van der Waals surface area contributed by atoms with Gasteiger partial charge >= 0.3 is 11.9 Å². The van der Waals surface area contributed by atoms with E-state index in [0.717, 1.165) is 43.6 Å². The average Bonchev–Trinajstić information content (AvgIpc) is 3.17. The molecule has 0 atom stereocenters. The summed E-state index contributed by atoms with van der Waals surface area (Å²) in [7, 11) is 0. The summed E-state index contributed by atoms with van der Waals surface area (Å²) in [5.74, 6) is -0.371. The number of carbonyl (C=O) groups is 2. The Hall–Kier alpha value is -2.34. The van der Waals surface area contributed by atoms with Gasteiger partial charge in [-0.3, -0.25) is 0 Å². The van der Waals surface area contributed by atoms with Crippen molar-refractivity contribution in [2.24, 2.45) is 5.41 Å². The van der Waals surface area contributed by atoms with Crippen LogP contribution in [0.25, 0.3) is 0 Å². The maximum Gasteiger partial charge on any atom is 0.338 e. The molecule has 0 amide bonds. The zero-order valence-electron chi connectivity index (χ0n) is 18.5. The second-order valence-corrected chi connectivity index (χ2v) is 9.58. The van der Waals surface area contributed by atoms with E-state index in [1.54, 1.807) is 6.08 Å². The molecule has 0 aromatic heterocycles. The van der Waals surface area contributed by atoms with E-state index in [4.69, 9.17) is 9.47 Å². The fourth-order valence-electron chi connectivity index (χ4n) is 5.72. The molecule has 0 unspecified atom stereocenters. The van der Waals surface area contributed by atoms with E-state index in [1.807, 2.05) is 6.07 Å². The summed E-state index contributed by atoms with van der Waals surface area (Å²) in [6, 6.07) is 4.05. The number of nitrogens with zero attached hydrogens (tertiary/aromatic N) is 2. The summed E-state index contributed by atoms with van der Waals surface area (Å²) < 4.78 is 10.2. The number of ether oxygens (including phenoxy) is 2. The van der Waals surface area contributed by atoms with Crippen LogP contribution in [0, 0.1) is 12.3 Å². The first-order valence-electron chi connectivity index (χ1n) is 11.7. The lowest BCUT2D eigenvalue weighted by Gasteiger charge is -2.48. The highest BCUT2D eigenvalue weighted by Crippen LogP contribution is 2.42. The molecule has 0 radical (unpaired) electrons. The van der Waals surface area contributed by atoms with E-state index in [0.29, 0.717) is 18.6 Å².